The highest BCUT2D eigenvalue weighted by atomic mass is 28.4. The number of aliphatic hydroxyl groups is 4. The first-order chi connectivity index (χ1) is 38.3. The van der Waals surface area contributed by atoms with Crippen molar-refractivity contribution in [1.29, 1.82) is 0 Å². The van der Waals surface area contributed by atoms with Crippen LogP contribution in [0.25, 0.3) is 44.6 Å². The Kier molecular flexibility index (Phi) is 23.5. The molecular formula is C56H73AlO22Si. The average molecular weight is 1150 g/mol. The SMILES string of the molecule is CO[Si](OC)([O][Al]([O]CCOc1cc(O)c2c(=O)cc(-c3ccc(OCCO)c(OCCO)c3)oc2c1)[O]CCOc1cc(O)c2c(=O)cc(-c3ccc(OCCO)c(OCCO)c3)oc2c1)OC(C)(C(C)C(C)C)C(C)C(C)C. The van der Waals surface area contributed by atoms with E-state index in [1.165, 1.54) is 50.6 Å². The molecule has 2 aromatic heterocycles. The van der Waals surface area contributed by atoms with Crippen molar-refractivity contribution < 1.29 is 92.2 Å². The molecule has 0 spiro atoms. The molecule has 22 nitrogen and oxygen atoms in total. The Morgan fingerprint density at radius 3 is 1.26 bits per heavy atom. The molecular weight excluding hydrogens is 1080 g/mol. The van der Waals surface area contributed by atoms with E-state index in [2.05, 4.69) is 41.5 Å². The lowest BCUT2D eigenvalue weighted by Crippen LogP contribution is -2.61. The Bertz CT molecular complexity index is 2880. The molecule has 0 aliphatic carbocycles. The first kappa shape index (κ1) is 63.2. The zero-order valence-corrected chi connectivity index (χ0v) is 48.7. The minimum atomic E-state index is -4.09. The van der Waals surface area contributed by atoms with Gasteiger partial charge in [-0.25, -0.2) is 0 Å². The lowest BCUT2D eigenvalue weighted by molar-refractivity contribution is -0.124. The lowest BCUT2D eigenvalue weighted by Gasteiger charge is -2.47. The van der Waals surface area contributed by atoms with Crippen molar-refractivity contribution in [3.8, 4) is 68.6 Å². The molecule has 24 heteroatoms. The summed E-state index contributed by atoms with van der Waals surface area (Å²) in [7, 11) is -1.23. The van der Waals surface area contributed by atoms with Crippen molar-refractivity contribution in [3.63, 3.8) is 0 Å². The molecule has 2 heterocycles. The Morgan fingerprint density at radius 1 is 0.512 bits per heavy atom. The van der Waals surface area contributed by atoms with Crippen LogP contribution in [-0.4, -0.2) is 154 Å². The van der Waals surface area contributed by atoms with Crippen LogP contribution in [0.5, 0.6) is 46.0 Å². The van der Waals surface area contributed by atoms with Crippen molar-refractivity contribution in [2.75, 3.05) is 93.5 Å². The summed E-state index contributed by atoms with van der Waals surface area (Å²) in [5.74, 6) is 1.24. The third kappa shape index (κ3) is 15.9. The second-order valence-corrected chi connectivity index (χ2v) is 23.5. The minimum Gasteiger partial charge on any atom is -0.507 e. The standard InChI is InChI=1S/2C21H21O9.C14H31O4Si.Al/c2*22-3-6-27-14-10-15(25)21-16(26)12-18(30-20(21)11-14)13-1-2-17(28-7-4-23)19(9-13)29-8-5-24;1-10(2)12(5)14(7,13(6)11(3)4)18-19(15,16-8)17-9;/h2*1-2,9-12,23-25H,3-8H2;10-13H,1-9H3;/q3*-1;+3. The van der Waals surface area contributed by atoms with Crippen LogP contribution in [0, 0.1) is 23.7 Å². The summed E-state index contributed by atoms with van der Waals surface area (Å²) in [5, 5.41) is 59.2. The van der Waals surface area contributed by atoms with Crippen LogP contribution in [0.15, 0.2) is 91.2 Å². The fraction of sp³-hybridized carbons (Fsp3) is 0.464. The highest BCUT2D eigenvalue weighted by Crippen LogP contribution is 2.42. The van der Waals surface area contributed by atoms with E-state index in [4.69, 9.17) is 61.6 Å². The number of benzene rings is 4. The molecule has 4 aromatic carbocycles. The van der Waals surface area contributed by atoms with Gasteiger partial charge in [-0.1, -0.05) is 41.5 Å². The summed E-state index contributed by atoms with van der Waals surface area (Å²) in [5.41, 5.74) is -1.00. The molecule has 2 unspecified atom stereocenters. The smallest absolute Gasteiger partial charge is 0.507 e. The molecule has 0 aliphatic heterocycles. The largest absolute Gasteiger partial charge is 0.899 e. The van der Waals surface area contributed by atoms with E-state index in [0.29, 0.717) is 22.6 Å². The third-order valence-electron chi connectivity index (χ3n) is 13.5. The van der Waals surface area contributed by atoms with Gasteiger partial charge in [-0.2, -0.15) is 0 Å². The summed E-state index contributed by atoms with van der Waals surface area (Å²) < 4.78 is 84.9. The number of aromatic hydroxyl groups is 2. The molecule has 0 fully saturated rings. The van der Waals surface area contributed by atoms with Gasteiger partial charge in [0.05, 0.1) is 45.2 Å². The molecule has 6 rings (SSSR count). The molecule has 80 heavy (non-hydrogen) atoms. The normalized spacial score (nSPS) is 13.4. The van der Waals surface area contributed by atoms with Crippen LogP contribution in [0.1, 0.15) is 48.5 Å². The topological polar surface area (TPSA) is 293 Å². The van der Waals surface area contributed by atoms with Crippen LogP contribution in [0.4, 0.5) is 0 Å². The van der Waals surface area contributed by atoms with E-state index >= 15 is 0 Å². The predicted octanol–water partition coefficient (Wildman–Crippen LogP) is 6.71. The van der Waals surface area contributed by atoms with Gasteiger partial charge in [0.15, 0.2) is 33.9 Å². The number of fused-ring (bicyclic) bond motifs is 2. The molecule has 0 saturated carbocycles. The van der Waals surface area contributed by atoms with Gasteiger partial charge in [-0.05, 0) is 67.0 Å². The monoisotopic (exact) mass is 1150 g/mol. The van der Waals surface area contributed by atoms with Crippen molar-refractivity contribution in [2.24, 2.45) is 23.7 Å². The van der Waals surface area contributed by atoms with Crippen molar-refractivity contribution >= 4 is 46.1 Å². The Labute approximate surface area is 469 Å². The Balaban J connectivity index is 1.23. The van der Waals surface area contributed by atoms with Gasteiger partial charge in [0.2, 0.25) is 0 Å². The molecule has 0 aliphatic rings. The van der Waals surface area contributed by atoms with Gasteiger partial charge in [-0.15, -0.1) is 0 Å². The molecule has 0 radical (unpaired) electrons. The summed E-state index contributed by atoms with van der Waals surface area (Å²) in [6.07, 6.45) is 0. The number of rotatable bonds is 34. The fourth-order valence-corrected chi connectivity index (χ4v) is 13.0. The van der Waals surface area contributed by atoms with E-state index < -0.39 is 52.2 Å². The summed E-state index contributed by atoms with van der Waals surface area (Å²) >= 11 is -3.37. The number of hydrogen-bond donors (Lipinski definition) is 6. The molecule has 0 amide bonds. The number of hydrogen-bond acceptors (Lipinski definition) is 22. The number of phenols is 2. The van der Waals surface area contributed by atoms with E-state index in [1.807, 2.05) is 6.92 Å². The summed E-state index contributed by atoms with van der Waals surface area (Å²) in [4.78, 5) is 26.8. The maximum absolute atomic E-state index is 13.4. The highest BCUT2D eigenvalue weighted by molar-refractivity contribution is 6.62. The second kappa shape index (κ2) is 29.7. The van der Waals surface area contributed by atoms with Crippen LogP contribution < -0.4 is 39.3 Å². The predicted molar refractivity (Wildman–Crippen MR) is 296 cm³/mol. The van der Waals surface area contributed by atoms with Gasteiger partial charge < -0.3 is 92.2 Å². The summed E-state index contributed by atoms with van der Waals surface area (Å²) in [6.45, 7) is 13.1. The van der Waals surface area contributed by atoms with Gasteiger partial charge in [0, 0.05) is 61.7 Å². The molecule has 6 aromatic rings. The maximum Gasteiger partial charge on any atom is 0.899 e. The van der Waals surface area contributed by atoms with E-state index in [0.717, 1.165) is 0 Å². The van der Waals surface area contributed by atoms with Crippen LogP contribution in [0.2, 0.25) is 0 Å². The molecule has 2 atom stereocenters. The number of ether oxygens (including phenoxy) is 6. The first-order valence-corrected chi connectivity index (χ1v) is 29.2. The van der Waals surface area contributed by atoms with E-state index in [9.17, 15) is 40.2 Å². The third-order valence-corrected chi connectivity index (χ3v) is 18.2. The zero-order chi connectivity index (χ0) is 58.1. The van der Waals surface area contributed by atoms with Crippen LogP contribution in [-0.2, 0) is 24.3 Å². The van der Waals surface area contributed by atoms with E-state index in [-0.39, 0.29) is 159 Å². The second-order valence-electron chi connectivity index (χ2n) is 19.3. The zero-order valence-electron chi connectivity index (χ0n) is 46.5. The number of aliphatic hydroxyl groups excluding tert-OH is 4. The highest BCUT2D eigenvalue weighted by Gasteiger charge is 2.57. The molecule has 6 N–H and O–H groups in total. The first-order valence-electron chi connectivity index (χ1n) is 26.2. The van der Waals surface area contributed by atoms with Crippen molar-refractivity contribution in [1.82, 2.24) is 0 Å². The van der Waals surface area contributed by atoms with Gasteiger partial charge in [-0.3, -0.25) is 9.59 Å². The maximum atomic E-state index is 13.4. The molecule has 0 bridgehead atoms. The Hall–Kier alpha value is -5.95. The quantitative estimate of drug-likeness (QED) is 0.0181. The Morgan fingerprint density at radius 2 is 0.900 bits per heavy atom. The lowest BCUT2D eigenvalue weighted by atomic mass is 9.71. The average Bonchev–Trinajstić information content (AvgIpc) is 3.58. The van der Waals surface area contributed by atoms with Gasteiger partial charge in [0.25, 0.3) is 0 Å². The van der Waals surface area contributed by atoms with Gasteiger partial charge in [0.1, 0.15) is 96.1 Å². The fourth-order valence-electron chi connectivity index (χ4n) is 8.67. The molecule has 0 saturated heterocycles. The summed E-state index contributed by atoms with van der Waals surface area (Å²) in [6, 6.07) is 17.4. The van der Waals surface area contributed by atoms with Crippen LogP contribution in [0.3, 0.4) is 0 Å². The number of phenolic OH excluding ortho intramolecular Hbond substituents is 2. The molecule has 436 valence electrons. The minimum absolute atomic E-state index is 0.00104. The van der Waals surface area contributed by atoms with Crippen molar-refractivity contribution in [2.45, 2.75) is 54.1 Å². The van der Waals surface area contributed by atoms with Crippen LogP contribution >= 0.6 is 0 Å². The van der Waals surface area contributed by atoms with Gasteiger partial charge >= 0.3 is 24.2 Å². The van der Waals surface area contributed by atoms with E-state index in [1.54, 1.807) is 36.4 Å². The van der Waals surface area contributed by atoms with Crippen molar-refractivity contribution in [3.05, 3.63) is 93.2 Å².